The van der Waals surface area contributed by atoms with Crippen LogP contribution in [0.4, 0.5) is 10.5 Å². The first kappa shape index (κ1) is 51.6. The van der Waals surface area contributed by atoms with Gasteiger partial charge < -0.3 is 45.5 Å². The van der Waals surface area contributed by atoms with E-state index in [0.717, 1.165) is 12.0 Å². The number of carbonyl (C=O) groups is 5. The number of aliphatic hydroxyl groups excluding tert-OH is 1. The zero-order valence-corrected chi connectivity index (χ0v) is 39.0. The summed E-state index contributed by atoms with van der Waals surface area (Å²) in [5, 5.41) is 16.8. The van der Waals surface area contributed by atoms with E-state index < -0.39 is 60.4 Å². The molecule has 1 aliphatic rings. The van der Waals surface area contributed by atoms with Crippen molar-refractivity contribution in [2.24, 2.45) is 23.7 Å². The summed E-state index contributed by atoms with van der Waals surface area (Å²) in [6, 6.07) is 12.7. The molecule has 0 unspecified atom stereocenters. The zero-order valence-electron chi connectivity index (χ0n) is 39.0. The monoisotopic (exact) mass is 867 g/mol. The van der Waals surface area contributed by atoms with Gasteiger partial charge in [0.1, 0.15) is 18.7 Å². The molecule has 3 rings (SSSR count). The number of methoxy groups -OCH3 is 2. The largest absolute Gasteiger partial charge is 0.445 e. The number of ether oxygens (including phenoxy) is 3. The molecule has 0 aromatic heterocycles. The van der Waals surface area contributed by atoms with E-state index in [-0.39, 0.29) is 54.5 Å². The summed E-state index contributed by atoms with van der Waals surface area (Å²) >= 11 is 0. The number of hydrogen-bond donors (Lipinski definition) is 4. The second kappa shape index (κ2) is 24.2. The Hall–Kier alpha value is -4.73. The van der Waals surface area contributed by atoms with Gasteiger partial charge in [0.05, 0.1) is 48.8 Å². The molecule has 1 heterocycles. The molecule has 1 saturated heterocycles. The molecule has 15 heteroatoms. The highest BCUT2D eigenvalue weighted by Gasteiger charge is 2.43. The van der Waals surface area contributed by atoms with E-state index >= 15 is 0 Å². The van der Waals surface area contributed by atoms with Crippen LogP contribution in [0, 0.1) is 23.7 Å². The minimum absolute atomic E-state index is 0.00367. The van der Waals surface area contributed by atoms with E-state index in [4.69, 9.17) is 19.9 Å². The van der Waals surface area contributed by atoms with Crippen LogP contribution in [-0.2, 0) is 40.0 Å². The van der Waals surface area contributed by atoms with Crippen LogP contribution < -0.4 is 16.4 Å². The lowest BCUT2D eigenvalue weighted by atomic mass is 9.89. The summed E-state index contributed by atoms with van der Waals surface area (Å²) in [5.41, 5.74) is 7.80. The number of nitrogens with zero attached hydrogens (tertiary/aromatic N) is 3. The molecule has 0 spiro atoms. The second-order valence-electron chi connectivity index (χ2n) is 17.6. The van der Waals surface area contributed by atoms with Crippen molar-refractivity contribution in [2.75, 3.05) is 40.6 Å². The third-order valence-electron chi connectivity index (χ3n) is 12.4. The van der Waals surface area contributed by atoms with Gasteiger partial charge >= 0.3 is 6.09 Å². The van der Waals surface area contributed by atoms with E-state index in [0.29, 0.717) is 30.6 Å². The third-order valence-corrected chi connectivity index (χ3v) is 12.4. The number of likely N-dealkylation sites (tertiary alicyclic amines) is 1. The molecule has 0 radical (unpaired) electrons. The number of anilines is 1. The standard InChI is InChI=1S/C47H74N6O9/c1-13-30(6)41(51(9)46(58)39(28(2)3)50-45(57)40(29(4)5)52(10)47(59)62-27-33-21-23-35(48)24-22-33)37(60-11)26-38(54)53-25-17-20-36(53)43(61-12)31(7)44(56)49-32(8)42(55)34-18-15-14-16-19-34/h14-16,18-19,21-24,28-32,36-37,39-43,55H,13,17,20,25-27,48H2,1-12H3,(H,49,56)(H,50,57)/t30-,31+,32+,36-,37+,39-,40-,41-,42+,43+/m0/s1. The molecule has 2 aromatic rings. The molecule has 1 aliphatic heterocycles. The van der Waals surface area contributed by atoms with Gasteiger partial charge in [-0.2, -0.15) is 0 Å². The minimum Gasteiger partial charge on any atom is -0.445 e. The lowest BCUT2D eigenvalue weighted by Gasteiger charge is -2.41. The zero-order chi connectivity index (χ0) is 46.4. The molecular formula is C47H74N6O9. The highest BCUT2D eigenvalue weighted by Crippen LogP contribution is 2.30. The Kier molecular flexibility index (Phi) is 20.2. The molecule has 0 saturated carbocycles. The maximum atomic E-state index is 14.5. The van der Waals surface area contributed by atoms with Gasteiger partial charge in [0.25, 0.3) is 0 Å². The molecule has 346 valence electrons. The van der Waals surface area contributed by atoms with Crippen molar-refractivity contribution in [3.63, 3.8) is 0 Å². The summed E-state index contributed by atoms with van der Waals surface area (Å²) in [6.45, 7) is 15.3. The number of rotatable bonds is 22. The van der Waals surface area contributed by atoms with Crippen molar-refractivity contribution in [2.45, 2.75) is 136 Å². The Morgan fingerprint density at radius 2 is 1.48 bits per heavy atom. The summed E-state index contributed by atoms with van der Waals surface area (Å²) in [7, 11) is 6.24. The number of benzene rings is 2. The topological polar surface area (TPSA) is 193 Å². The van der Waals surface area contributed by atoms with Crippen LogP contribution in [0.1, 0.15) is 98.3 Å². The molecule has 5 N–H and O–H groups in total. The van der Waals surface area contributed by atoms with Gasteiger partial charge in [-0.1, -0.05) is 97.4 Å². The number of hydrogen-bond acceptors (Lipinski definition) is 10. The van der Waals surface area contributed by atoms with Crippen molar-refractivity contribution in [1.82, 2.24) is 25.3 Å². The van der Waals surface area contributed by atoms with Crippen LogP contribution in [0.5, 0.6) is 0 Å². The number of nitrogen functional groups attached to an aromatic ring is 1. The lowest BCUT2D eigenvalue weighted by molar-refractivity contribution is -0.148. The van der Waals surface area contributed by atoms with Crippen molar-refractivity contribution in [3.05, 3.63) is 65.7 Å². The number of aliphatic hydroxyl groups is 1. The smallest absolute Gasteiger partial charge is 0.410 e. The maximum absolute atomic E-state index is 14.5. The maximum Gasteiger partial charge on any atom is 0.410 e. The number of carbonyl (C=O) groups excluding carboxylic acids is 5. The lowest BCUT2D eigenvalue weighted by Crippen LogP contribution is -2.60. The van der Waals surface area contributed by atoms with Crippen LogP contribution in [0.25, 0.3) is 0 Å². The Balaban J connectivity index is 1.75. The predicted octanol–water partition coefficient (Wildman–Crippen LogP) is 5.16. The Morgan fingerprint density at radius 1 is 0.855 bits per heavy atom. The summed E-state index contributed by atoms with van der Waals surface area (Å²) < 4.78 is 17.5. The average molecular weight is 867 g/mol. The minimum atomic E-state index is -0.956. The van der Waals surface area contributed by atoms with E-state index in [1.165, 1.54) is 26.2 Å². The molecule has 10 atom stereocenters. The van der Waals surface area contributed by atoms with E-state index in [9.17, 15) is 29.1 Å². The Labute approximate surface area is 369 Å². The molecular weight excluding hydrogens is 793 g/mol. The molecule has 0 bridgehead atoms. The van der Waals surface area contributed by atoms with Gasteiger partial charge in [0.15, 0.2) is 0 Å². The summed E-state index contributed by atoms with van der Waals surface area (Å²) in [4.78, 5) is 74.2. The van der Waals surface area contributed by atoms with E-state index in [2.05, 4.69) is 10.6 Å². The molecule has 15 nitrogen and oxygen atoms in total. The first-order valence-corrected chi connectivity index (χ1v) is 22.0. The van der Waals surface area contributed by atoms with Crippen molar-refractivity contribution < 1.29 is 43.3 Å². The fourth-order valence-electron chi connectivity index (χ4n) is 8.55. The van der Waals surface area contributed by atoms with Crippen molar-refractivity contribution in [3.8, 4) is 0 Å². The molecule has 5 amide bonds. The number of amides is 5. The number of nitrogens with one attached hydrogen (secondary N) is 2. The Bertz CT molecular complexity index is 1740. The van der Waals surface area contributed by atoms with E-state index in [1.807, 2.05) is 59.7 Å². The fraction of sp³-hybridized carbons (Fsp3) is 0.638. The molecule has 62 heavy (non-hydrogen) atoms. The van der Waals surface area contributed by atoms with Gasteiger partial charge in [0, 0.05) is 40.5 Å². The number of likely N-dealkylation sites (N-methyl/N-ethyl adjacent to an activating group) is 2. The van der Waals surface area contributed by atoms with Gasteiger partial charge in [0.2, 0.25) is 23.6 Å². The Morgan fingerprint density at radius 3 is 2.03 bits per heavy atom. The third kappa shape index (κ3) is 13.4. The van der Waals surface area contributed by atoms with Gasteiger partial charge in [-0.3, -0.25) is 24.1 Å². The van der Waals surface area contributed by atoms with E-state index in [1.54, 1.807) is 67.1 Å². The van der Waals surface area contributed by atoms with Crippen LogP contribution in [0.3, 0.4) is 0 Å². The predicted molar refractivity (Wildman–Crippen MR) is 239 cm³/mol. The SMILES string of the molecule is CC[C@H](C)[C@@H]([C@@H](CC(=O)N1CCC[C@H]1[C@H](OC)[C@@H](C)C(=O)N[C@H](C)[C@@H](O)c1ccccc1)OC)N(C)C(=O)[C@@H](NC(=O)[C@H](C(C)C)N(C)C(=O)OCc1ccc(N)cc1)C(C)C. The normalized spacial score (nSPS) is 18.4. The van der Waals surface area contributed by atoms with Crippen LogP contribution in [0.15, 0.2) is 54.6 Å². The quantitative estimate of drug-likeness (QED) is 0.115. The number of nitrogens with two attached hydrogens (primary N) is 1. The molecule has 0 aliphatic carbocycles. The van der Waals surface area contributed by atoms with Crippen LogP contribution in [0.2, 0.25) is 0 Å². The highest BCUT2D eigenvalue weighted by molar-refractivity contribution is 5.91. The van der Waals surface area contributed by atoms with Gasteiger partial charge in [-0.05, 0) is 60.8 Å². The molecule has 2 aromatic carbocycles. The van der Waals surface area contributed by atoms with Gasteiger partial charge in [-0.15, -0.1) is 0 Å². The van der Waals surface area contributed by atoms with Crippen LogP contribution >= 0.6 is 0 Å². The first-order chi connectivity index (χ1) is 29.3. The van der Waals surface area contributed by atoms with Gasteiger partial charge in [-0.25, -0.2) is 4.79 Å². The highest BCUT2D eigenvalue weighted by atomic mass is 16.6. The first-order valence-electron chi connectivity index (χ1n) is 22.0. The average Bonchev–Trinajstić information content (AvgIpc) is 3.74. The second-order valence-corrected chi connectivity index (χ2v) is 17.6. The summed E-state index contributed by atoms with van der Waals surface area (Å²) in [5.74, 6) is -2.72. The summed E-state index contributed by atoms with van der Waals surface area (Å²) in [6.07, 6.45) is -0.909. The fourth-order valence-corrected chi connectivity index (χ4v) is 8.55. The van der Waals surface area contributed by atoms with Crippen molar-refractivity contribution in [1.29, 1.82) is 0 Å². The van der Waals surface area contributed by atoms with Crippen molar-refractivity contribution >= 4 is 35.4 Å². The molecule has 1 fully saturated rings. The van der Waals surface area contributed by atoms with Crippen LogP contribution in [-0.4, -0.2) is 127 Å².